The second kappa shape index (κ2) is 10.5. The molecule has 1 amide bonds. The second-order valence-electron chi connectivity index (χ2n) is 7.39. The first-order chi connectivity index (χ1) is 14.0. The lowest BCUT2D eigenvalue weighted by atomic mass is 10.1. The Balaban J connectivity index is 1.38. The third-order valence-corrected chi connectivity index (χ3v) is 6.54. The van der Waals surface area contributed by atoms with Crippen LogP contribution in [0.25, 0.3) is 0 Å². The molecule has 156 valence electrons. The van der Waals surface area contributed by atoms with Crippen LogP contribution in [0.4, 0.5) is 0 Å². The van der Waals surface area contributed by atoms with E-state index in [0.717, 1.165) is 12.1 Å². The van der Waals surface area contributed by atoms with Gasteiger partial charge in [0.2, 0.25) is 15.9 Å². The van der Waals surface area contributed by atoms with Crippen LogP contribution in [-0.4, -0.2) is 38.9 Å². The maximum atomic E-state index is 12.1. The van der Waals surface area contributed by atoms with Crippen molar-refractivity contribution in [3.05, 3.63) is 65.7 Å². The van der Waals surface area contributed by atoms with E-state index in [-0.39, 0.29) is 23.8 Å². The van der Waals surface area contributed by atoms with E-state index in [1.807, 2.05) is 12.1 Å². The molecule has 3 rings (SSSR count). The zero-order valence-electron chi connectivity index (χ0n) is 16.6. The molecule has 1 heterocycles. The highest BCUT2D eigenvalue weighted by molar-refractivity contribution is 7.89. The fourth-order valence-electron chi connectivity index (χ4n) is 3.41. The van der Waals surface area contributed by atoms with Gasteiger partial charge in [0.05, 0.1) is 4.90 Å². The van der Waals surface area contributed by atoms with Crippen molar-refractivity contribution in [2.75, 3.05) is 19.6 Å². The highest BCUT2D eigenvalue weighted by Crippen LogP contribution is 2.13. The Morgan fingerprint density at radius 1 is 0.897 bits per heavy atom. The largest absolute Gasteiger partial charge is 0.352 e. The van der Waals surface area contributed by atoms with Crippen molar-refractivity contribution < 1.29 is 13.2 Å². The quantitative estimate of drug-likeness (QED) is 0.660. The third-order valence-electron chi connectivity index (χ3n) is 5.07. The molecule has 1 aliphatic heterocycles. The number of sulfonamides is 1. The Hall–Kier alpha value is -2.22. The molecule has 2 N–H and O–H groups in total. The molecule has 0 bridgehead atoms. The van der Waals surface area contributed by atoms with E-state index in [1.165, 1.54) is 50.0 Å². The van der Waals surface area contributed by atoms with Crippen molar-refractivity contribution >= 4 is 15.9 Å². The van der Waals surface area contributed by atoms with Gasteiger partial charge in [-0.3, -0.25) is 9.69 Å². The van der Waals surface area contributed by atoms with E-state index in [2.05, 4.69) is 27.1 Å². The highest BCUT2D eigenvalue weighted by atomic mass is 32.2. The minimum Gasteiger partial charge on any atom is -0.352 e. The highest BCUT2D eigenvalue weighted by Gasteiger charge is 2.13. The molecular formula is C22H29N3O3S. The summed E-state index contributed by atoms with van der Waals surface area (Å²) in [6.45, 7) is 3.83. The fraction of sp³-hybridized carbons (Fsp3) is 0.409. The minimum atomic E-state index is -3.57. The van der Waals surface area contributed by atoms with Gasteiger partial charge >= 0.3 is 0 Å². The number of rotatable bonds is 9. The Morgan fingerprint density at radius 3 is 2.24 bits per heavy atom. The minimum absolute atomic E-state index is 0.0673. The summed E-state index contributed by atoms with van der Waals surface area (Å²) in [6, 6.07) is 16.4. The lowest BCUT2D eigenvalue weighted by molar-refractivity contribution is -0.121. The first-order valence-corrected chi connectivity index (χ1v) is 11.6. The lowest BCUT2D eigenvalue weighted by Crippen LogP contribution is -2.30. The van der Waals surface area contributed by atoms with E-state index in [0.29, 0.717) is 6.54 Å². The molecule has 2 aromatic carbocycles. The average molecular weight is 416 g/mol. The van der Waals surface area contributed by atoms with Crippen molar-refractivity contribution in [2.45, 2.75) is 43.7 Å². The second-order valence-corrected chi connectivity index (χ2v) is 9.16. The molecule has 2 aromatic rings. The molecule has 0 unspecified atom stereocenters. The maximum absolute atomic E-state index is 12.1. The number of nitrogens with zero attached hydrogens (tertiary/aromatic N) is 1. The van der Waals surface area contributed by atoms with Gasteiger partial charge in [0.1, 0.15) is 0 Å². The van der Waals surface area contributed by atoms with Crippen molar-refractivity contribution in [1.29, 1.82) is 0 Å². The molecule has 1 saturated heterocycles. The van der Waals surface area contributed by atoms with E-state index in [9.17, 15) is 13.2 Å². The molecule has 0 atom stereocenters. The van der Waals surface area contributed by atoms with Crippen LogP contribution in [0.5, 0.6) is 0 Å². The molecule has 1 fully saturated rings. The van der Waals surface area contributed by atoms with Crippen molar-refractivity contribution in [3.63, 3.8) is 0 Å². The van der Waals surface area contributed by atoms with E-state index in [1.54, 1.807) is 18.2 Å². The number of benzene rings is 2. The predicted octanol–water partition coefficient (Wildman–Crippen LogP) is 2.66. The summed E-state index contributed by atoms with van der Waals surface area (Å²) in [5, 5.41) is 2.84. The monoisotopic (exact) mass is 415 g/mol. The summed E-state index contributed by atoms with van der Waals surface area (Å²) in [6.07, 6.45) is 4.00. The Kier molecular flexibility index (Phi) is 7.80. The van der Waals surface area contributed by atoms with Gasteiger partial charge in [-0.05, 0) is 49.2 Å². The standard InChI is InChI=1S/C22H29N3O3S/c26-22(13-14-24-29(27,28)21-7-3-1-4-8-21)23-17-19-9-11-20(12-10-19)18-25-15-5-2-6-16-25/h1,3-4,7-12,24H,2,5-6,13-18H2,(H,23,26). The Morgan fingerprint density at radius 2 is 1.55 bits per heavy atom. The summed E-state index contributed by atoms with van der Waals surface area (Å²) in [5.74, 6) is -0.182. The van der Waals surface area contributed by atoms with Crippen LogP contribution in [0.1, 0.15) is 36.8 Å². The fourth-order valence-corrected chi connectivity index (χ4v) is 4.46. The summed E-state index contributed by atoms with van der Waals surface area (Å²) in [7, 11) is -3.57. The first kappa shape index (κ1) is 21.5. The number of nitrogens with one attached hydrogen (secondary N) is 2. The average Bonchev–Trinajstić information content (AvgIpc) is 2.74. The van der Waals surface area contributed by atoms with Gasteiger partial charge in [0, 0.05) is 26.1 Å². The van der Waals surface area contributed by atoms with Gasteiger partial charge in [0.25, 0.3) is 0 Å². The summed E-state index contributed by atoms with van der Waals surface area (Å²) in [5.41, 5.74) is 2.32. The number of likely N-dealkylation sites (tertiary alicyclic amines) is 1. The van der Waals surface area contributed by atoms with Gasteiger partial charge < -0.3 is 5.32 Å². The van der Waals surface area contributed by atoms with Gasteiger partial charge in [0.15, 0.2) is 0 Å². The molecular weight excluding hydrogens is 386 g/mol. The molecule has 0 spiro atoms. The van der Waals surface area contributed by atoms with E-state index >= 15 is 0 Å². The molecule has 6 nitrogen and oxygen atoms in total. The molecule has 7 heteroatoms. The third kappa shape index (κ3) is 6.96. The van der Waals surface area contributed by atoms with Gasteiger partial charge in [-0.2, -0.15) is 0 Å². The van der Waals surface area contributed by atoms with Crippen LogP contribution in [0, 0.1) is 0 Å². The van der Waals surface area contributed by atoms with Crippen molar-refractivity contribution in [1.82, 2.24) is 14.9 Å². The van der Waals surface area contributed by atoms with Crippen LogP contribution >= 0.6 is 0 Å². The van der Waals surface area contributed by atoms with Crippen molar-refractivity contribution in [2.24, 2.45) is 0 Å². The van der Waals surface area contributed by atoms with Crippen LogP contribution in [0.15, 0.2) is 59.5 Å². The molecule has 0 radical (unpaired) electrons. The van der Waals surface area contributed by atoms with Crippen molar-refractivity contribution in [3.8, 4) is 0 Å². The summed E-state index contributed by atoms with van der Waals surface area (Å²) < 4.78 is 26.7. The van der Waals surface area contributed by atoms with Crippen LogP contribution in [0.3, 0.4) is 0 Å². The number of carbonyl (C=O) groups excluding carboxylic acids is 1. The first-order valence-electron chi connectivity index (χ1n) is 10.1. The van der Waals surface area contributed by atoms with Crippen LogP contribution < -0.4 is 10.0 Å². The predicted molar refractivity (Wildman–Crippen MR) is 114 cm³/mol. The summed E-state index contributed by atoms with van der Waals surface area (Å²) in [4.78, 5) is 14.7. The molecule has 0 aliphatic carbocycles. The van der Waals surface area contributed by atoms with E-state index in [4.69, 9.17) is 0 Å². The SMILES string of the molecule is O=C(CCNS(=O)(=O)c1ccccc1)NCc1ccc(CN2CCCCC2)cc1. The Labute approximate surface area is 173 Å². The zero-order chi connectivity index (χ0) is 20.5. The topological polar surface area (TPSA) is 78.5 Å². The van der Waals surface area contributed by atoms with Crippen LogP contribution in [0.2, 0.25) is 0 Å². The number of carbonyl (C=O) groups is 1. The number of hydrogen-bond donors (Lipinski definition) is 2. The number of amides is 1. The molecule has 0 saturated carbocycles. The summed E-state index contributed by atoms with van der Waals surface area (Å²) >= 11 is 0. The number of piperidine rings is 1. The zero-order valence-corrected chi connectivity index (χ0v) is 17.5. The molecule has 29 heavy (non-hydrogen) atoms. The number of hydrogen-bond acceptors (Lipinski definition) is 4. The van der Waals surface area contributed by atoms with Gasteiger partial charge in [-0.1, -0.05) is 48.9 Å². The Bertz CT molecular complexity index is 877. The molecule has 1 aliphatic rings. The smallest absolute Gasteiger partial charge is 0.240 e. The van der Waals surface area contributed by atoms with Gasteiger partial charge in [-0.25, -0.2) is 13.1 Å². The normalized spacial score (nSPS) is 15.2. The van der Waals surface area contributed by atoms with Gasteiger partial charge in [-0.15, -0.1) is 0 Å². The molecule has 0 aromatic heterocycles. The van der Waals surface area contributed by atoms with Crippen LogP contribution in [-0.2, 0) is 27.9 Å². The lowest BCUT2D eigenvalue weighted by Gasteiger charge is -2.26. The van der Waals surface area contributed by atoms with E-state index < -0.39 is 10.0 Å². The maximum Gasteiger partial charge on any atom is 0.240 e.